The summed E-state index contributed by atoms with van der Waals surface area (Å²) in [6.07, 6.45) is 4.92. The summed E-state index contributed by atoms with van der Waals surface area (Å²) in [5, 5.41) is 6.12. The van der Waals surface area contributed by atoms with E-state index in [0.717, 1.165) is 38.6 Å². The van der Waals surface area contributed by atoms with Crippen molar-refractivity contribution in [2.24, 2.45) is 0 Å². The number of benzene rings is 1. The van der Waals surface area contributed by atoms with Crippen molar-refractivity contribution >= 4 is 11.8 Å². The monoisotopic (exact) mass is 345 g/mol. The van der Waals surface area contributed by atoms with Crippen LogP contribution in [-0.2, 0) is 15.1 Å². The summed E-state index contributed by atoms with van der Waals surface area (Å²) in [5.41, 5.74) is 0.957. The molecule has 0 saturated heterocycles. The van der Waals surface area contributed by atoms with Crippen molar-refractivity contribution in [2.75, 3.05) is 26.2 Å². The van der Waals surface area contributed by atoms with Gasteiger partial charge in [-0.1, -0.05) is 44.2 Å². The fourth-order valence-electron chi connectivity index (χ4n) is 3.34. The van der Waals surface area contributed by atoms with Crippen molar-refractivity contribution in [1.29, 1.82) is 0 Å². The normalized spacial score (nSPS) is 15.5. The van der Waals surface area contributed by atoms with Gasteiger partial charge in [-0.05, 0) is 44.2 Å². The van der Waals surface area contributed by atoms with Crippen LogP contribution in [0.2, 0.25) is 0 Å². The van der Waals surface area contributed by atoms with Gasteiger partial charge in [0.2, 0.25) is 11.8 Å². The average Bonchev–Trinajstić information content (AvgIpc) is 2.57. The van der Waals surface area contributed by atoms with E-state index in [1.54, 1.807) is 0 Å². The molecular weight excluding hydrogens is 314 g/mol. The lowest BCUT2D eigenvalue weighted by atomic mass is 9.72. The van der Waals surface area contributed by atoms with Gasteiger partial charge in [-0.25, -0.2) is 0 Å². The third-order valence-electron chi connectivity index (χ3n) is 4.76. The van der Waals surface area contributed by atoms with Crippen LogP contribution >= 0.6 is 0 Å². The maximum atomic E-state index is 12.6. The molecule has 2 amide bonds. The van der Waals surface area contributed by atoms with E-state index < -0.39 is 0 Å². The molecule has 0 aromatic heterocycles. The Kier molecular flexibility index (Phi) is 7.44. The smallest absolute Gasteiger partial charge is 0.234 e. The minimum absolute atomic E-state index is 0.000273. The Balaban J connectivity index is 1.92. The number of nitrogens with zero attached hydrogens (tertiary/aromatic N) is 1. The molecule has 0 spiro atoms. The van der Waals surface area contributed by atoms with E-state index in [4.69, 9.17) is 0 Å². The lowest BCUT2D eigenvalue weighted by Crippen LogP contribution is -2.54. The topological polar surface area (TPSA) is 61.4 Å². The summed E-state index contributed by atoms with van der Waals surface area (Å²) in [7, 11) is 0. The SMILES string of the molecule is CCCNC(=O)CN(CCC)CC(=O)NC1(c2ccccc2)CCC1. The van der Waals surface area contributed by atoms with Gasteiger partial charge in [0.05, 0.1) is 18.6 Å². The maximum absolute atomic E-state index is 12.6. The van der Waals surface area contributed by atoms with Gasteiger partial charge in [-0.2, -0.15) is 0 Å². The van der Waals surface area contributed by atoms with Gasteiger partial charge in [0.1, 0.15) is 0 Å². The highest BCUT2D eigenvalue weighted by Crippen LogP contribution is 2.41. The molecule has 138 valence electrons. The molecule has 1 aliphatic rings. The van der Waals surface area contributed by atoms with Gasteiger partial charge in [-0.15, -0.1) is 0 Å². The largest absolute Gasteiger partial charge is 0.355 e. The summed E-state index contributed by atoms with van der Waals surface area (Å²) in [6, 6.07) is 10.2. The third-order valence-corrected chi connectivity index (χ3v) is 4.76. The molecule has 0 bridgehead atoms. The van der Waals surface area contributed by atoms with Gasteiger partial charge < -0.3 is 10.6 Å². The van der Waals surface area contributed by atoms with Crippen LogP contribution in [0.4, 0.5) is 0 Å². The molecule has 1 fully saturated rings. The number of hydrogen-bond acceptors (Lipinski definition) is 3. The van der Waals surface area contributed by atoms with Crippen molar-refractivity contribution < 1.29 is 9.59 Å². The molecule has 0 atom stereocenters. The van der Waals surface area contributed by atoms with E-state index in [9.17, 15) is 9.59 Å². The molecule has 1 saturated carbocycles. The lowest BCUT2D eigenvalue weighted by molar-refractivity contribution is -0.127. The first-order valence-corrected chi connectivity index (χ1v) is 9.45. The molecule has 0 unspecified atom stereocenters. The second-order valence-electron chi connectivity index (χ2n) is 6.91. The number of rotatable bonds is 10. The number of hydrogen-bond donors (Lipinski definition) is 2. The zero-order valence-electron chi connectivity index (χ0n) is 15.5. The predicted octanol–water partition coefficient (Wildman–Crippen LogP) is 2.42. The van der Waals surface area contributed by atoms with E-state index in [1.165, 1.54) is 5.56 Å². The minimum atomic E-state index is -0.222. The molecule has 25 heavy (non-hydrogen) atoms. The van der Waals surface area contributed by atoms with Crippen LogP contribution in [0, 0.1) is 0 Å². The van der Waals surface area contributed by atoms with Crippen LogP contribution in [0.25, 0.3) is 0 Å². The molecule has 5 heteroatoms. The molecule has 5 nitrogen and oxygen atoms in total. The Hall–Kier alpha value is -1.88. The van der Waals surface area contributed by atoms with E-state index in [2.05, 4.69) is 29.7 Å². The van der Waals surface area contributed by atoms with Crippen molar-refractivity contribution in [2.45, 2.75) is 51.5 Å². The number of amides is 2. The maximum Gasteiger partial charge on any atom is 0.234 e. The fourth-order valence-corrected chi connectivity index (χ4v) is 3.34. The van der Waals surface area contributed by atoms with Crippen LogP contribution in [-0.4, -0.2) is 42.9 Å². The summed E-state index contributed by atoms with van der Waals surface area (Å²) in [6.45, 7) is 6.06. The van der Waals surface area contributed by atoms with Crippen molar-refractivity contribution in [3.8, 4) is 0 Å². The molecule has 0 radical (unpaired) electrons. The van der Waals surface area contributed by atoms with Crippen molar-refractivity contribution in [3.05, 3.63) is 35.9 Å². The van der Waals surface area contributed by atoms with Gasteiger partial charge in [0.15, 0.2) is 0 Å². The third kappa shape index (κ3) is 5.56. The molecular formula is C20H31N3O2. The predicted molar refractivity (Wildman–Crippen MR) is 100 cm³/mol. The Morgan fingerprint density at radius 3 is 2.28 bits per heavy atom. The molecule has 1 aromatic carbocycles. The van der Waals surface area contributed by atoms with Gasteiger partial charge in [-0.3, -0.25) is 14.5 Å². The van der Waals surface area contributed by atoms with Crippen molar-refractivity contribution in [1.82, 2.24) is 15.5 Å². The standard InChI is InChI=1S/C20H31N3O2/c1-3-13-21-18(24)15-23(14-4-2)16-19(25)22-20(11-8-12-20)17-9-6-5-7-10-17/h5-7,9-10H,3-4,8,11-16H2,1-2H3,(H,21,24)(H,22,25). The summed E-state index contributed by atoms with van der Waals surface area (Å²) in [4.78, 5) is 26.5. The van der Waals surface area contributed by atoms with Gasteiger partial charge in [0.25, 0.3) is 0 Å². The highest BCUT2D eigenvalue weighted by molar-refractivity contribution is 5.81. The highest BCUT2D eigenvalue weighted by atomic mass is 16.2. The van der Waals surface area contributed by atoms with Crippen LogP contribution in [0.3, 0.4) is 0 Å². The Morgan fingerprint density at radius 1 is 1.04 bits per heavy atom. The average molecular weight is 345 g/mol. The van der Waals surface area contributed by atoms with Gasteiger partial charge >= 0.3 is 0 Å². The summed E-state index contributed by atoms with van der Waals surface area (Å²) < 4.78 is 0. The second-order valence-corrected chi connectivity index (χ2v) is 6.91. The van der Waals surface area contributed by atoms with Crippen LogP contribution in [0.15, 0.2) is 30.3 Å². The molecule has 0 heterocycles. The molecule has 2 N–H and O–H groups in total. The quantitative estimate of drug-likeness (QED) is 0.685. The minimum Gasteiger partial charge on any atom is -0.355 e. The van der Waals surface area contributed by atoms with E-state index in [-0.39, 0.29) is 30.4 Å². The van der Waals surface area contributed by atoms with E-state index >= 15 is 0 Å². The Labute approximate surface area is 151 Å². The number of carbonyl (C=O) groups excluding carboxylic acids is 2. The first kappa shape index (κ1) is 19.4. The zero-order chi connectivity index (χ0) is 18.1. The second kappa shape index (κ2) is 9.56. The van der Waals surface area contributed by atoms with Crippen molar-refractivity contribution in [3.63, 3.8) is 0 Å². The van der Waals surface area contributed by atoms with Crippen LogP contribution in [0.1, 0.15) is 51.5 Å². The molecule has 2 rings (SSSR count). The van der Waals surface area contributed by atoms with Crippen LogP contribution in [0.5, 0.6) is 0 Å². The Morgan fingerprint density at radius 2 is 1.72 bits per heavy atom. The highest BCUT2D eigenvalue weighted by Gasteiger charge is 2.39. The van der Waals surface area contributed by atoms with E-state index in [0.29, 0.717) is 6.54 Å². The van der Waals surface area contributed by atoms with Gasteiger partial charge in [0, 0.05) is 6.54 Å². The lowest BCUT2D eigenvalue weighted by Gasteiger charge is -2.43. The zero-order valence-corrected chi connectivity index (χ0v) is 15.5. The summed E-state index contributed by atoms with van der Waals surface area (Å²) in [5.74, 6) is -0.00943. The summed E-state index contributed by atoms with van der Waals surface area (Å²) >= 11 is 0. The number of carbonyl (C=O) groups is 2. The first-order chi connectivity index (χ1) is 12.1. The molecule has 1 aliphatic carbocycles. The molecule has 0 aliphatic heterocycles. The van der Waals surface area contributed by atoms with Crippen LogP contribution < -0.4 is 10.6 Å². The Bertz CT molecular complexity index is 555. The number of nitrogens with one attached hydrogen (secondary N) is 2. The first-order valence-electron chi connectivity index (χ1n) is 9.45. The fraction of sp³-hybridized carbons (Fsp3) is 0.600. The van der Waals surface area contributed by atoms with E-state index in [1.807, 2.05) is 30.0 Å². The molecule has 1 aromatic rings.